The number of rotatable bonds is 2. The Labute approximate surface area is 201 Å². The molecule has 194 valence electrons. The predicted octanol–water partition coefficient (Wildman–Crippen LogP) is -3.89. The van der Waals surface area contributed by atoms with Crippen molar-refractivity contribution in [2.75, 3.05) is 19.6 Å². The van der Waals surface area contributed by atoms with E-state index in [1.807, 2.05) is 0 Å². The first-order valence-corrected chi connectivity index (χ1v) is 11.3. The number of amides is 5. The minimum Gasteiger partial charge on any atom is -0.480 e. The highest BCUT2D eigenvalue weighted by Gasteiger charge is 2.40. The number of hydrogen-bond donors (Lipinski definition) is 7. The fraction of sp³-hybridized carbons (Fsp3) is 0.650. The van der Waals surface area contributed by atoms with Gasteiger partial charge in [-0.2, -0.15) is 0 Å². The van der Waals surface area contributed by atoms with Crippen LogP contribution in [0.15, 0.2) is 4.99 Å². The number of fused-ring (bicyclic) bond motifs is 2. The van der Waals surface area contributed by atoms with Gasteiger partial charge in [-0.15, -0.1) is 0 Å². The van der Waals surface area contributed by atoms with E-state index in [1.54, 1.807) is 6.92 Å². The first-order chi connectivity index (χ1) is 16.5. The van der Waals surface area contributed by atoms with Crippen molar-refractivity contribution in [1.29, 1.82) is 0 Å². The molecule has 5 amide bonds. The molecular weight excluding hydrogens is 464 g/mol. The summed E-state index contributed by atoms with van der Waals surface area (Å²) >= 11 is 0. The summed E-state index contributed by atoms with van der Waals surface area (Å²) in [7, 11) is 0. The lowest BCUT2D eigenvalue weighted by atomic mass is 10.1. The van der Waals surface area contributed by atoms with Gasteiger partial charge in [-0.05, 0) is 19.3 Å². The third-order valence-electron chi connectivity index (χ3n) is 5.57. The molecular formula is C20H32N8O7. The van der Waals surface area contributed by atoms with Crippen LogP contribution in [0.5, 0.6) is 0 Å². The Morgan fingerprint density at radius 3 is 2.51 bits per heavy atom. The average Bonchev–Trinajstić information content (AvgIpc) is 3.21. The largest absolute Gasteiger partial charge is 0.480 e. The van der Waals surface area contributed by atoms with Crippen molar-refractivity contribution in [2.24, 2.45) is 16.5 Å². The molecule has 0 saturated carbocycles. The SMILES string of the molecule is CCC(=O)N1C[C@@H]2C[C@H]1C(=O)NC(N)=NCCC[C@@H](C(=O)O)NC(=O)CNC(=O)[C@@H](N)CC(=O)N2. The molecule has 0 radical (unpaired) electrons. The molecule has 2 heterocycles. The lowest BCUT2D eigenvalue weighted by molar-refractivity contribution is -0.142. The van der Waals surface area contributed by atoms with Gasteiger partial charge < -0.3 is 37.4 Å². The van der Waals surface area contributed by atoms with E-state index in [-0.39, 0.29) is 50.6 Å². The van der Waals surface area contributed by atoms with E-state index in [2.05, 4.69) is 26.3 Å². The molecule has 15 heteroatoms. The van der Waals surface area contributed by atoms with Gasteiger partial charge in [0.15, 0.2) is 5.96 Å². The highest BCUT2D eigenvalue weighted by Crippen LogP contribution is 2.19. The zero-order valence-electron chi connectivity index (χ0n) is 19.4. The molecule has 1 fully saturated rings. The number of carbonyl (C=O) groups is 6. The standard InChI is InChI=1S/C20H32N8O7/c1-2-16(31)28-9-10-6-13(28)18(33)27-20(22)23-5-3-4-12(19(34)35)26-15(30)8-24-17(32)11(21)7-14(29)25-10/h10-13H,2-9,21H2,1H3,(H,24,32)(H,25,29)(H,26,30)(H,34,35)(H3,22,23,27,33)/t10-,11-,12-,13-/m0/s1. The van der Waals surface area contributed by atoms with Crippen molar-refractivity contribution in [3.8, 4) is 0 Å². The second-order valence-corrected chi connectivity index (χ2v) is 8.30. The molecule has 0 aliphatic carbocycles. The van der Waals surface area contributed by atoms with Crippen molar-refractivity contribution in [1.82, 2.24) is 26.2 Å². The molecule has 0 aromatic heterocycles. The summed E-state index contributed by atoms with van der Waals surface area (Å²) in [4.78, 5) is 78.5. The quantitative estimate of drug-likeness (QED) is 0.197. The van der Waals surface area contributed by atoms with Crippen molar-refractivity contribution >= 4 is 41.5 Å². The molecule has 4 atom stereocenters. The Kier molecular flexibility index (Phi) is 9.93. The smallest absolute Gasteiger partial charge is 0.326 e. The molecule has 2 rings (SSSR count). The first kappa shape index (κ1) is 27.5. The number of hydrogen-bond acceptors (Lipinski definition) is 9. The fourth-order valence-electron chi connectivity index (χ4n) is 3.79. The molecule has 2 aliphatic heterocycles. The number of carboxylic acids is 1. The maximum absolute atomic E-state index is 12.8. The fourth-order valence-corrected chi connectivity index (χ4v) is 3.79. The van der Waals surface area contributed by atoms with Crippen LogP contribution in [-0.2, 0) is 28.8 Å². The molecule has 35 heavy (non-hydrogen) atoms. The van der Waals surface area contributed by atoms with Crippen LogP contribution < -0.4 is 32.7 Å². The van der Waals surface area contributed by atoms with Gasteiger partial charge in [-0.25, -0.2) is 4.79 Å². The third-order valence-corrected chi connectivity index (χ3v) is 5.57. The highest BCUT2D eigenvalue weighted by molar-refractivity contribution is 6.00. The summed E-state index contributed by atoms with van der Waals surface area (Å²) in [5, 5.41) is 19.0. The molecule has 0 unspecified atom stereocenters. The molecule has 0 aromatic carbocycles. The van der Waals surface area contributed by atoms with E-state index in [1.165, 1.54) is 4.90 Å². The van der Waals surface area contributed by atoms with Crippen molar-refractivity contribution in [3.63, 3.8) is 0 Å². The molecule has 1 saturated heterocycles. The Balaban J connectivity index is 2.20. The van der Waals surface area contributed by atoms with Crippen LogP contribution in [0, 0.1) is 0 Å². The molecule has 0 aromatic rings. The van der Waals surface area contributed by atoms with Gasteiger partial charge >= 0.3 is 5.97 Å². The number of carbonyl (C=O) groups excluding carboxylic acids is 5. The van der Waals surface area contributed by atoms with Crippen LogP contribution in [-0.4, -0.2) is 95.3 Å². The third kappa shape index (κ3) is 8.20. The molecule has 2 aliphatic rings. The second kappa shape index (κ2) is 12.6. The molecule has 15 nitrogen and oxygen atoms in total. The van der Waals surface area contributed by atoms with Crippen molar-refractivity contribution < 1.29 is 33.9 Å². The number of nitrogens with zero attached hydrogens (tertiary/aromatic N) is 2. The number of carboxylic acid groups (broad SMARTS) is 1. The van der Waals surface area contributed by atoms with Gasteiger partial charge in [0.05, 0.1) is 19.0 Å². The lowest BCUT2D eigenvalue weighted by Crippen LogP contribution is -2.50. The number of nitrogens with two attached hydrogens (primary N) is 2. The van der Waals surface area contributed by atoms with Gasteiger partial charge in [-0.3, -0.25) is 34.3 Å². The van der Waals surface area contributed by atoms with Crippen LogP contribution in [0.3, 0.4) is 0 Å². The van der Waals surface area contributed by atoms with Crippen LogP contribution in [0.25, 0.3) is 0 Å². The molecule has 2 bridgehead atoms. The first-order valence-electron chi connectivity index (χ1n) is 11.3. The number of guanidine groups is 1. The Bertz CT molecular complexity index is 893. The highest BCUT2D eigenvalue weighted by atomic mass is 16.4. The van der Waals surface area contributed by atoms with Gasteiger partial charge in [0.25, 0.3) is 0 Å². The Morgan fingerprint density at radius 1 is 1.14 bits per heavy atom. The maximum Gasteiger partial charge on any atom is 0.326 e. The minimum atomic E-state index is -1.28. The monoisotopic (exact) mass is 496 g/mol. The minimum absolute atomic E-state index is 0.0164. The maximum atomic E-state index is 12.8. The average molecular weight is 497 g/mol. The van der Waals surface area contributed by atoms with Crippen LogP contribution in [0.4, 0.5) is 0 Å². The van der Waals surface area contributed by atoms with Gasteiger partial charge in [0.1, 0.15) is 12.1 Å². The van der Waals surface area contributed by atoms with E-state index in [9.17, 15) is 33.9 Å². The van der Waals surface area contributed by atoms with Crippen molar-refractivity contribution in [2.45, 2.75) is 63.2 Å². The number of aliphatic carboxylic acids is 1. The van der Waals surface area contributed by atoms with E-state index in [0.29, 0.717) is 0 Å². The number of likely N-dealkylation sites (tertiary alicyclic amines) is 1. The van der Waals surface area contributed by atoms with Gasteiger partial charge in [0, 0.05) is 25.6 Å². The summed E-state index contributed by atoms with van der Waals surface area (Å²) in [5.74, 6) is -4.44. The van der Waals surface area contributed by atoms with E-state index in [0.717, 1.165) is 0 Å². The topological polar surface area (TPSA) is 238 Å². The van der Waals surface area contributed by atoms with Crippen molar-refractivity contribution in [3.05, 3.63) is 0 Å². The second-order valence-electron chi connectivity index (χ2n) is 8.30. The van der Waals surface area contributed by atoms with E-state index in [4.69, 9.17) is 11.5 Å². The Morgan fingerprint density at radius 2 is 1.86 bits per heavy atom. The van der Waals surface area contributed by atoms with Crippen LogP contribution in [0.2, 0.25) is 0 Å². The Hall–Kier alpha value is -3.75. The summed E-state index contributed by atoms with van der Waals surface area (Å²) in [6.45, 7) is 1.28. The summed E-state index contributed by atoms with van der Waals surface area (Å²) in [5.41, 5.74) is 11.5. The summed E-state index contributed by atoms with van der Waals surface area (Å²) in [6, 6.07) is -3.95. The summed E-state index contributed by atoms with van der Waals surface area (Å²) < 4.78 is 0. The normalized spacial score (nSPS) is 27.6. The number of nitrogens with one attached hydrogen (secondary N) is 4. The van der Waals surface area contributed by atoms with Gasteiger partial charge in [0.2, 0.25) is 29.5 Å². The van der Waals surface area contributed by atoms with Crippen LogP contribution >= 0.6 is 0 Å². The number of aliphatic imine (C=N–C) groups is 1. The van der Waals surface area contributed by atoms with E-state index < -0.39 is 66.7 Å². The summed E-state index contributed by atoms with van der Waals surface area (Å²) in [6.07, 6.45) is 0.112. The zero-order valence-corrected chi connectivity index (χ0v) is 19.4. The van der Waals surface area contributed by atoms with Gasteiger partial charge in [-0.1, -0.05) is 6.92 Å². The molecule has 9 N–H and O–H groups in total. The van der Waals surface area contributed by atoms with Crippen LogP contribution in [0.1, 0.15) is 39.0 Å². The molecule has 0 spiro atoms. The van der Waals surface area contributed by atoms with E-state index >= 15 is 0 Å². The predicted molar refractivity (Wildman–Crippen MR) is 121 cm³/mol. The zero-order chi connectivity index (χ0) is 26.1. The lowest BCUT2D eigenvalue weighted by Gasteiger charge is -2.23.